The van der Waals surface area contributed by atoms with Gasteiger partial charge in [0.05, 0.1) is 0 Å². The monoisotopic (exact) mass is 303 g/mol. The first kappa shape index (κ1) is 15.5. The average molecular weight is 303 g/mol. The summed E-state index contributed by atoms with van der Waals surface area (Å²) in [4.78, 5) is 16.3. The maximum atomic E-state index is 12.0. The predicted octanol–water partition coefficient (Wildman–Crippen LogP) is 4.03. The number of carbonyl (C=O) groups excluding carboxylic acids is 1. The first-order chi connectivity index (χ1) is 9.99. The van der Waals surface area contributed by atoms with E-state index in [0.29, 0.717) is 5.69 Å². The Morgan fingerprint density at radius 1 is 1.38 bits per heavy atom. The first-order valence-electron chi connectivity index (χ1n) is 7.10. The molecule has 0 spiro atoms. The molecule has 0 saturated carbocycles. The van der Waals surface area contributed by atoms with Crippen LogP contribution >= 0.6 is 11.3 Å². The molecular formula is C16H21N3OS. The topological polar surface area (TPSA) is 54.0 Å². The minimum absolute atomic E-state index is 0.116. The molecule has 0 bridgehead atoms. The standard InChI is InChI=1S/C16H21N3OS/c1-5-12(4)17-15(20)14-9-21-16(19-14)18-13-7-6-10(2)8-11(13)3/h6-9,12H,5H2,1-4H3,(H,17,20)(H,18,19). The van der Waals surface area contributed by atoms with Crippen LogP contribution in [0.3, 0.4) is 0 Å². The summed E-state index contributed by atoms with van der Waals surface area (Å²) in [5.74, 6) is -0.116. The van der Waals surface area contributed by atoms with E-state index >= 15 is 0 Å². The number of thiazole rings is 1. The van der Waals surface area contributed by atoms with Crippen molar-refractivity contribution in [2.45, 2.75) is 40.2 Å². The van der Waals surface area contributed by atoms with Gasteiger partial charge in [0.15, 0.2) is 5.13 Å². The van der Waals surface area contributed by atoms with Gasteiger partial charge < -0.3 is 10.6 Å². The number of amides is 1. The van der Waals surface area contributed by atoms with Gasteiger partial charge in [-0.2, -0.15) is 0 Å². The number of aryl methyl sites for hydroxylation is 2. The van der Waals surface area contributed by atoms with E-state index in [1.54, 1.807) is 5.38 Å². The van der Waals surface area contributed by atoms with Gasteiger partial charge >= 0.3 is 0 Å². The van der Waals surface area contributed by atoms with Crippen molar-refractivity contribution in [3.05, 3.63) is 40.4 Å². The smallest absolute Gasteiger partial charge is 0.271 e. The Bertz CT molecular complexity index is 636. The van der Waals surface area contributed by atoms with Gasteiger partial charge in [-0.3, -0.25) is 4.79 Å². The van der Waals surface area contributed by atoms with Gasteiger partial charge in [0, 0.05) is 17.1 Å². The number of nitrogens with zero attached hydrogens (tertiary/aromatic N) is 1. The number of hydrogen-bond donors (Lipinski definition) is 2. The average Bonchev–Trinajstić information content (AvgIpc) is 2.90. The highest BCUT2D eigenvalue weighted by Gasteiger charge is 2.13. The zero-order valence-corrected chi connectivity index (χ0v) is 13.7. The lowest BCUT2D eigenvalue weighted by Gasteiger charge is -2.09. The molecule has 0 fully saturated rings. The molecule has 0 radical (unpaired) electrons. The van der Waals surface area contributed by atoms with Crippen LogP contribution < -0.4 is 10.6 Å². The molecule has 2 rings (SSSR count). The second-order valence-corrected chi connectivity index (χ2v) is 6.12. The number of benzene rings is 1. The van der Waals surface area contributed by atoms with Gasteiger partial charge in [0.2, 0.25) is 0 Å². The number of aromatic nitrogens is 1. The predicted molar refractivity (Wildman–Crippen MR) is 88.5 cm³/mol. The lowest BCUT2D eigenvalue weighted by atomic mass is 10.1. The number of rotatable bonds is 5. The highest BCUT2D eigenvalue weighted by molar-refractivity contribution is 7.14. The molecule has 0 aliphatic heterocycles. The first-order valence-corrected chi connectivity index (χ1v) is 7.98. The third-order valence-electron chi connectivity index (χ3n) is 3.35. The molecule has 1 aromatic carbocycles. The maximum absolute atomic E-state index is 12.0. The Labute approximate surface area is 129 Å². The number of carbonyl (C=O) groups is 1. The lowest BCUT2D eigenvalue weighted by molar-refractivity contribution is 0.0935. The van der Waals surface area contributed by atoms with Crippen LogP contribution in [0, 0.1) is 13.8 Å². The van der Waals surface area contributed by atoms with Crippen molar-refractivity contribution in [2.24, 2.45) is 0 Å². The quantitative estimate of drug-likeness (QED) is 0.876. The van der Waals surface area contributed by atoms with Gasteiger partial charge in [0.25, 0.3) is 5.91 Å². The fraction of sp³-hybridized carbons (Fsp3) is 0.375. The van der Waals surface area contributed by atoms with Crippen molar-refractivity contribution in [1.82, 2.24) is 10.3 Å². The molecule has 21 heavy (non-hydrogen) atoms. The summed E-state index contributed by atoms with van der Waals surface area (Å²) in [6, 6.07) is 6.37. The van der Waals surface area contributed by atoms with Gasteiger partial charge in [-0.1, -0.05) is 24.6 Å². The minimum Gasteiger partial charge on any atom is -0.348 e. The Kier molecular flexibility index (Phi) is 4.96. The Balaban J connectivity index is 2.08. The zero-order valence-electron chi connectivity index (χ0n) is 12.9. The molecule has 1 heterocycles. The van der Waals surface area contributed by atoms with E-state index in [9.17, 15) is 4.79 Å². The largest absolute Gasteiger partial charge is 0.348 e. The second kappa shape index (κ2) is 6.72. The summed E-state index contributed by atoms with van der Waals surface area (Å²) in [6.45, 7) is 8.15. The Hall–Kier alpha value is -1.88. The fourth-order valence-corrected chi connectivity index (χ4v) is 2.61. The normalized spacial score (nSPS) is 12.0. The molecule has 0 aliphatic rings. The van der Waals surface area contributed by atoms with Gasteiger partial charge in [-0.05, 0) is 38.8 Å². The molecule has 1 unspecified atom stereocenters. The van der Waals surface area contributed by atoms with Crippen molar-refractivity contribution >= 4 is 28.1 Å². The Morgan fingerprint density at radius 3 is 2.81 bits per heavy atom. The van der Waals surface area contributed by atoms with Crippen LogP contribution in [0.25, 0.3) is 0 Å². The minimum atomic E-state index is -0.116. The van der Waals surface area contributed by atoms with E-state index in [1.807, 2.05) is 19.9 Å². The van der Waals surface area contributed by atoms with Gasteiger partial charge in [-0.25, -0.2) is 4.98 Å². The summed E-state index contributed by atoms with van der Waals surface area (Å²) < 4.78 is 0. The molecule has 5 heteroatoms. The van der Waals surface area contributed by atoms with Crippen LogP contribution in [-0.2, 0) is 0 Å². The van der Waals surface area contributed by atoms with Crippen molar-refractivity contribution in [3.8, 4) is 0 Å². The summed E-state index contributed by atoms with van der Waals surface area (Å²) in [5, 5.41) is 8.70. The van der Waals surface area contributed by atoms with Crippen molar-refractivity contribution in [1.29, 1.82) is 0 Å². The molecule has 4 nitrogen and oxygen atoms in total. The van der Waals surface area contributed by atoms with E-state index in [-0.39, 0.29) is 11.9 Å². The highest BCUT2D eigenvalue weighted by Crippen LogP contribution is 2.24. The van der Waals surface area contributed by atoms with Crippen molar-refractivity contribution in [3.63, 3.8) is 0 Å². The number of hydrogen-bond acceptors (Lipinski definition) is 4. The van der Waals surface area contributed by atoms with Crippen molar-refractivity contribution < 1.29 is 4.79 Å². The molecule has 1 aromatic heterocycles. The molecule has 0 saturated heterocycles. The maximum Gasteiger partial charge on any atom is 0.271 e. The highest BCUT2D eigenvalue weighted by atomic mass is 32.1. The zero-order chi connectivity index (χ0) is 15.4. The molecule has 2 aromatic rings. The van der Waals surface area contributed by atoms with Crippen molar-refractivity contribution in [2.75, 3.05) is 5.32 Å². The van der Waals surface area contributed by atoms with E-state index in [2.05, 4.69) is 41.6 Å². The van der Waals surface area contributed by atoms with Gasteiger partial charge in [0.1, 0.15) is 5.69 Å². The van der Waals surface area contributed by atoms with Gasteiger partial charge in [-0.15, -0.1) is 11.3 Å². The number of nitrogens with one attached hydrogen (secondary N) is 2. The van der Waals surface area contributed by atoms with E-state index in [0.717, 1.165) is 22.8 Å². The molecule has 2 N–H and O–H groups in total. The van der Waals surface area contributed by atoms with Crippen LogP contribution in [0.5, 0.6) is 0 Å². The van der Waals surface area contributed by atoms with Crippen LogP contribution in [0.15, 0.2) is 23.6 Å². The molecule has 0 aliphatic carbocycles. The Morgan fingerprint density at radius 2 is 2.14 bits per heavy atom. The van der Waals surface area contributed by atoms with Crippen LogP contribution in [0.4, 0.5) is 10.8 Å². The summed E-state index contributed by atoms with van der Waals surface area (Å²) in [7, 11) is 0. The lowest BCUT2D eigenvalue weighted by Crippen LogP contribution is -2.32. The SMILES string of the molecule is CCC(C)NC(=O)c1csc(Nc2ccc(C)cc2C)n1. The number of anilines is 2. The molecule has 112 valence electrons. The summed E-state index contributed by atoms with van der Waals surface area (Å²) >= 11 is 1.44. The molecule has 1 amide bonds. The van der Waals surface area contributed by atoms with E-state index in [4.69, 9.17) is 0 Å². The summed E-state index contributed by atoms with van der Waals surface area (Å²) in [5.41, 5.74) is 3.87. The second-order valence-electron chi connectivity index (χ2n) is 5.26. The van der Waals surface area contributed by atoms with E-state index < -0.39 is 0 Å². The van der Waals surface area contributed by atoms with Crippen LogP contribution in [0.1, 0.15) is 41.9 Å². The van der Waals surface area contributed by atoms with Crippen LogP contribution in [-0.4, -0.2) is 16.9 Å². The van der Waals surface area contributed by atoms with E-state index in [1.165, 1.54) is 16.9 Å². The van der Waals surface area contributed by atoms with Crippen LogP contribution in [0.2, 0.25) is 0 Å². The summed E-state index contributed by atoms with van der Waals surface area (Å²) in [6.07, 6.45) is 0.906. The molecular weight excluding hydrogens is 282 g/mol. The third kappa shape index (κ3) is 4.04. The fourth-order valence-electron chi connectivity index (χ4n) is 1.90. The molecule has 1 atom stereocenters. The third-order valence-corrected chi connectivity index (χ3v) is 4.11.